The molecule has 0 amide bonds. The second-order valence-electron chi connectivity index (χ2n) is 2.29. The number of hydrogen-bond acceptors (Lipinski definition) is 2. The fraction of sp³-hybridized carbons (Fsp3) is 1.00. The van der Waals surface area contributed by atoms with Crippen molar-refractivity contribution < 1.29 is 20.4 Å². The van der Waals surface area contributed by atoms with Crippen LogP contribution in [0.15, 0.2) is 0 Å². The van der Waals surface area contributed by atoms with Crippen LogP contribution in [0.3, 0.4) is 0 Å². The monoisotopic (exact) mass is 236 g/mol. The van der Waals surface area contributed by atoms with E-state index in [2.05, 4.69) is 5.32 Å². The molecule has 1 fully saturated rings. The topological polar surface area (TPSA) is 12.0 Å². The molecule has 0 aromatic heterocycles. The predicted octanol–water partition coefficient (Wildman–Crippen LogP) is 0.673. The van der Waals surface area contributed by atoms with Gasteiger partial charge in [0.25, 0.3) is 0 Å². The summed E-state index contributed by atoms with van der Waals surface area (Å²) in [5.74, 6) is 0.914. The number of hydrogen-bond donors (Lipinski definition) is 1. The van der Waals surface area contributed by atoms with Crippen LogP contribution in [0.2, 0.25) is 0 Å². The van der Waals surface area contributed by atoms with E-state index in [0.29, 0.717) is 0 Å². The second kappa shape index (κ2) is 5.73. The van der Waals surface area contributed by atoms with Gasteiger partial charge >= 0.3 is 0 Å². The first kappa shape index (κ1) is 9.97. The molecule has 1 heterocycles. The fourth-order valence-electron chi connectivity index (χ4n) is 1.15. The van der Waals surface area contributed by atoms with Crippen molar-refractivity contribution in [3.8, 4) is 0 Å². The van der Waals surface area contributed by atoms with Crippen LogP contribution in [-0.2, 0) is 33.1 Å². The summed E-state index contributed by atoms with van der Waals surface area (Å²) >= 11 is 4.85. The molecule has 3 heteroatoms. The minimum Gasteiger partial charge on any atom is -0.793 e. The van der Waals surface area contributed by atoms with Gasteiger partial charge in [-0.05, 0) is 19.4 Å². The molecular weight excluding hydrogens is 225 g/mol. The van der Waals surface area contributed by atoms with Gasteiger partial charge in [-0.1, -0.05) is 6.42 Å². The first-order valence-electron chi connectivity index (χ1n) is 3.25. The molecule has 1 N–H and O–H groups in total. The van der Waals surface area contributed by atoms with Gasteiger partial charge in [-0.25, -0.2) is 0 Å². The van der Waals surface area contributed by atoms with Crippen LogP contribution in [0.25, 0.3) is 0 Å². The van der Waals surface area contributed by atoms with Crippen LogP contribution in [0.1, 0.15) is 19.3 Å². The molecule has 1 aliphatic heterocycles. The van der Waals surface area contributed by atoms with E-state index in [1.807, 2.05) is 0 Å². The minimum absolute atomic E-state index is 0. The summed E-state index contributed by atoms with van der Waals surface area (Å²) in [4.78, 5) is 0. The maximum absolute atomic E-state index is 4.85. The standard InChI is InChI=1S/C6H13NS.Pd/c8-5-3-6-2-1-4-7-6;/h6-8H,1-5H2;/p-1. The molecular formula is C6H12NPdS-. The van der Waals surface area contributed by atoms with Crippen LogP contribution in [0, 0.1) is 0 Å². The molecule has 0 bridgehead atoms. The van der Waals surface area contributed by atoms with Crippen molar-refractivity contribution >= 4 is 12.6 Å². The molecule has 9 heavy (non-hydrogen) atoms. The summed E-state index contributed by atoms with van der Waals surface area (Å²) in [5.41, 5.74) is 0. The zero-order chi connectivity index (χ0) is 5.82. The Labute approximate surface area is 76.0 Å². The molecule has 0 aromatic carbocycles. The Morgan fingerprint density at radius 1 is 1.56 bits per heavy atom. The van der Waals surface area contributed by atoms with Crippen LogP contribution < -0.4 is 5.32 Å². The molecule has 1 rings (SSSR count). The third-order valence-corrected chi connectivity index (χ3v) is 1.86. The molecule has 0 aliphatic carbocycles. The van der Waals surface area contributed by atoms with Gasteiger partial charge in [-0.3, -0.25) is 0 Å². The summed E-state index contributed by atoms with van der Waals surface area (Å²) in [6.07, 6.45) is 3.88. The summed E-state index contributed by atoms with van der Waals surface area (Å²) in [6.45, 7) is 1.21. The van der Waals surface area contributed by atoms with Gasteiger partial charge in [-0.15, -0.1) is 0 Å². The Morgan fingerprint density at radius 2 is 2.33 bits per heavy atom. The van der Waals surface area contributed by atoms with E-state index in [0.717, 1.165) is 11.8 Å². The zero-order valence-corrected chi connectivity index (χ0v) is 7.71. The maximum Gasteiger partial charge on any atom is 0.00492 e. The van der Waals surface area contributed by atoms with Gasteiger partial charge in [0.2, 0.25) is 0 Å². The molecule has 0 aromatic rings. The van der Waals surface area contributed by atoms with Gasteiger partial charge in [0.05, 0.1) is 0 Å². The van der Waals surface area contributed by atoms with Crippen LogP contribution in [0.4, 0.5) is 0 Å². The Balaban J connectivity index is 0.000000640. The Kier molecular flexibility index (Phi) is 6.35. The van der Waals surface area contributed by atoms with E-state index in [4.69, 9.17) is 12.6 Å². The van der Waals surface area contributed by atoms with Gasteiger partial charge in [0.15, 0.2) is 0 Å². The van der Waals surface area contributed by atoms with Crippen molar-refractivity contribution in [3.05, 3.63) is 0 Å². The molecule has 1 aliphatic rings. The van der Waals surface area contributed by atoms with Crippen molar-refractivity contribution in [1.29, 1.82) is 0 Å². The molecule has 0 radical (unpaired) electrons. The minimum atomic E-state index is 0. The van der Waals surface area contributed by atoms with Crippen molar-refractivity contribution in [2.75, 3.05) is 12.3 Å². The average molecular weight is 237 g/mol. The molecule has 58 valence electrons. The van der Waals surface area contributed by atoms with Gasteiger partial charge in [0, 0.05) is 26.5 Å². The van der Waals surface area contributed by atoms with Crippen LogP contribution in [-0.4, -0.2) is 18.3 Å². The van der Waals surface area contributed by atoms with E-state index in [-0.39, 0.29) is 20.4 Å². The third-order valence-electron chi connectivity index (χ3n) is 1.63. The van der Waals surface area contributed by atoms with Gasteiger partial charge < -0.3 is 17.9 Å². The SMILES string of the molecule is [Pd].[S-]CCC1CCCN1. The first-order valence-corrected chi connectivity index (χ1v) is 3.82. The summed E-state index contributed by atoms with van der Waals surface area (Å²) in [5, 5.41) is 3.39. The molecule has 0 spiro atoms. The normalized spacial score (nSPS) is 25.7. The van der Waals surface area contributed by atoms with Crippen LogP contribution in [0.5, 0.6) is 0 Å². The van der Waals surface area contributed by atoms with Gasteiger partial charge in [0.1, 0.15) is 0 Å². The summed E-state index contributed by atoms with van der Waals surface area (Å²) < 4.78 is 0. The van der Waals surface area contributed by atoms with Crippen molar-refractivity contribution in [2.24, 2.45) is 0 Å². The van der Waals surface area contributed by atoms with E-state index in [9.17, 15) is 0 Å². The van der Waals surface area contributed by atoms with Crippen molar-refractivity contribution in [2.45, 2.75) is 25.3 Å². The van der Waals surface area contributed by atoms with E-state index in [1.54, 1.807) is 0 Å². The Bertz CT molecular complexity index is 64.1. The van der Waals surface area contributed by atoms with E-state index < -0.39 is 0 Å². The van der Waals surface area contributed by atoms with E-state index in [1.165, 1.54) is 25.8 Å². The smallest absolute Gasteiger partial charge is 0.00492 e. The Morgan fingerprint density at radius 3 is 2.78 bits per heavy atom. The summed E-state index contributed by atoms with van der Waals surface area (Å²) in [6, 6.07) is 0.757. The first-order chi connectivity index (χ1) is 3.93. The number of nitrogens with one attached hydrogen (secondary N) is 1. The molecule has 1 nitrogen and oxygen atoms in total. The van der Waals surface area contributed by atoms with Crippen molar-refractivity contribution in [1.82, 2.24) is 5.32 Å². The maximum atomic E-state index is 4.85. The average Bonchev–Trinajstić information content (AvgIpc) is 2.19. The predicted molar refractivity (Wildman–Crippen MR) is 37.9 cm³/mol. The molecule has 0 saturated carbocycles. The van der Waals surface area contributed by atoms with Crippen molar-refractivity contribution in [3.63, 3.8) is 0 Å². The molecule has 1 unspecified atom stereocenters. The quantitative estimate of drug-likeness (QED) is 0.559. The largest absolute Gasteiger partial charge is 0.793 e. The zero-order valence-electron chi connectivity index (χ0n) is 5.34. The fourth-order valence-corrected chi connectivity index (χ4v) is 1.43. The second-order valence-corrected chi connectivity index (χ2v) is 2.69. The third kappa shape index (κ3) is 3.62. The van der Waals surface area contributed by atoms with E-state index >= 15 is 0 Å². The Hall–Kier alpha value is 0.972. The molecule has 1 atom stereocenters. The molecule has 1 saturated heterocycles. The summed E-state index contributed by atoms with van der Waals surface area (Å²) in [7, 11) is 0. The number of rotatable bonds is 2. The van der Waals surface area contributed by atoms with Crippen LogP contribution >= 0.6 is 0 Å². The van der Waals surface area contributed by atoms with Gasteiger partial charge in [-0.2, -0.15) is 5.75 Å².